The molecule has 29 heavy (non-hydrogen) atoms. The first-order chi connectivity index (χ1) is 14.1. The Morgan fingerprint density at radius 3 is 2.79 bits per heavy atom. The maximum atomic E-state index is 12.0. The quantitative estimate of drug-likeness (QED) is 0.382. The van der Waals surface area contributed by atoms with Crippen LogP contribution in [0.25, 0.3) is 28.3 Å². The molecule has 0 fully saturated rings. The molecule has 3 heterocycles. The lowest BCUT2D eigenvalue weighted by molar-refractivity contribution is -0.153. The fourth-order valence-corrected chi connectivity index (χ4v) is 2.67. The van der Waals surface area contributed by atoms with Crippen LogP contribution in [-0.4, -0.2) is 50.3 Å². The van der Waals surface area contributed by atoms with Gasteiger partial charge in [-0.2, -0.15) is 10.1 Å². The number of imidazole rings is 1. The van der Waals surface area contributed by atoms with E-state index in [-0.39, 0.29) is 18.4 Å². The molecular formula is C19H16N6O4. The summed E-state index contributed by atoms with van der Waals surface area (Å²) in [5.41, 5.74) is 2.98. The second kappa shape index (κ2) is 7.50. The highest BCUT2D eigenvalue weighted by Crippen LogP contribution is 2.25. The van der Waals surface area contributed by atoms with Crippen molar-refractivity contribution >= 4 is 23.5 Å². The average molecular weight is 392 g/mol. The number of hydrogen-bond donors (Lipinski definition) is 0. The number of amides is 1. The Hall–Kier alpha value is -4.08. The van der Waals surface area contributed by atoms with Crippen molar-refractivity contribution in [3.05, 3.63) is 48.8 Å². The van der Waals surface area contributed by atoms with Crippen LogP contribution in [0.15, 0.2) is 53.3 Å². The number of benzene rings is 1. The van der Waals surface area contributed by atoms with Gasteiger partial charge in [-0.1, -0.05) is 23.4 Å². The number of hydrogen-bond acceptors (Lipinski definition) is 8. The molecule has 4 rings (SSSR count). The van der Waals surface area contributed by atoms with Gasteiger partial charge in [-0.25, -0.2) is 14.3 Å². The average Bonchev–Trinajstić information content (AvgIpc) is 3.40. The van der Waals surface area contributed by atoms with Crippen molar-refractivity contribution in [1.29, 1.82) is 0 Å². The van der Waals surface area contributed by atoms with E-state index >= 15 is 0 Å². The lowest BCUT2D eigenvalue weighted by Crippen LogP contribution is -2.34. The molecule has 0 spiro atoms. The Bertz CT molecular complexity index is 1170. The number of rotatable bonds is 4. The number of esters is 1. The SMILES string of the molecule is CCOC(=O)C(=O)N(C)c1nc(-c2cccc(-c3cn4ncccc4n3)c2)no1. The molecule has 3 aromatic heterocycles. The molecule has 0 aliphatic carbocycles. The van der Waals surface area contributed by atoms with Gasteiger partial charge >= 0.3 is 17.9 Å². The summed E-state index contributed by atoms with van der Waals surface area (Å²) in [4.78, 5) is 33.3. The van der Waals surface area contributed by atoms with Crippen molar-refractivity contribution in [2.45, 2.75) is 6.92 Å². The van der Waals surface area contributed by atoms with Gasteiger partial charge in [-0.3, -0.25) is 9.69 Å². The summed E-state index contributed by atoms with van der Waals surface area (Å²) in [6.07, 6.45) is 3.51. The first-order valence-corrected chi connectivity index (χ1v) is 8.76. The smallest absolute Gasteiger partial charge is 0.397 e. The molecule has 0 aliphatic heterocycles. The van der Waals surface area contributed by atoms with Crippen LogP contribution < -0.4 is 4.90 Å². The van der Waals surface area contributed by atoms with E-state index < -0.39 is 11.9 Å². The van der Waals surface area contributed by atoms with Crippen molar-refractivity contribution in [3.63, 3.8) is 0 Å². The van der Waals surface area contributed by atoms with E-state index in [2.05, 4.69) is 20.2 Å². The molecule has 146 valence electrons. The molecule has 0 saturated heterocycles. The van der Waals surface area contributed by atoms with Gasteiger partial charge in [0.1, 0.15) is 0 Å². The van der Waals surface area contributed by atoms with Crippen molar-refractivity contribution in [2.75, 3.05) is 18.6 Å². The second-order valence-electron chi connectivity index (χ2n) is 6.02. The van der Waals surface area contributed by atoms with Crippen molar-refractivity contribution in [3.8, 4) is 22.6 Å². The normalized spacial score (nSPS) is 10.8. The first kappa shape index (κ1) is 18.3. The largest absolute Gasteiger partial charge is 0.459 e. The van der Waals surface area contributed by atoms with Gasteiger partial charge in [0.25, 0.3) is 0 Å². The third-order valence-corrected chi connectivity index (χ3v) is 4.11. The molecule has 0 saturated carbocycles. The highest BCUT2D eigenvalue weighted by Gasteiger charge is 2.25. The Morgan fingerprint density at radius 2 is 2.00 bits per heavy atom. The monoisotopic (exact) mass is 392 g/mol. The summed E-state index contributed by atoms with van der Waals surface area (Å²) in [6.45, 7) is 1.71. The van der Waals surface area contributed by atoms with Crippen molar-refractivity contribution < 1.29 is 18.8 Å². The summed E-state index contributed by atoms with van der Waals surface area (Å²) in [5.74, 6) is -1.61. The van der Waals surface area contributed by atoms with E-state index in [0.717, 1.165) is 21.8 Å². The third kappa shape index (κ3) is 3.55. The van der Waals surface area contributed by atoms with Crippen LogP contribution in [0.2, 0.25) is 0 Å². The highest BCUT2D eigenvalue weighted by molar-refractivity contribution is 6.37. The van der Waals surface area contributed by atoms with Crippen LogP contribution in [0.1, 0.15) is 6.92 Å². The number of carbonyl (C=O) groups is 2. The summed E-state index contributed by atoms with van der Waals surface area (Å²) in [6, 6.07) is 11.0. The number of anilines is 1. The fraction of sp³-hybridized carbons (Fsp3) is 0.158. The number of fused-ring (bicyclic) bond motifs is 1. The maximum Gasteiger partial charge on any atom is 0.397 e. The number of likely N-dealkylation sites (N-methyl/N-ethyl adjacent to an activating group) is 1. The number of nitrogens with zero attached hydrogens (tertiary/aromatic N) is 6. The first-order valence-electron chi connectivity index (χ1n) is 8.76. The van der Waals surface area contributed by atoms with Gasteiger partial charge in [-0.05, 0) is 25.1 Å². The second-order valence-corrected chi connectivity index (χ2v) is 6.02. The Morgan fingerprint density at radius 1 is 1.17 bits per heavy atom. The minimum Gasteiger partial charge on any atom is -0.459 e. The van der Waals surface area contributed by atoms with Gasteiger partial charge < -0.3 is 9.26 Å². The molecule has 0 radical (unpaired) electrons. The van der Waals surface area contributed by atoms with Crippen molar-refractivity contribution in [2.24, 2.45) is 0 Å². The number of carbonyl (C=O) groups excluding carboxylic acids is 2. The maximum absolute atomic E-state index is 12.0. The molecule has 10 heteroatoms. The molecule has 0 unspecified atom stereocenters. The summed E-state index contributed by atoms with van der Waals surface area (Å²) >= 11 is 0. The molecule has 10 nitrogen and oxygen atoms in total. The van der Waals surface area contributed by atoms with E-state index in [1.165, 1.54) is 7.05 Å². The number of aromatic nitrogens is 5. The van der Waals surface area contributed by atoms with Crippen molar-refractivity contribution in [1.82, 2.24) is 24.7 Å². The Labute approximate surface area is 164 Å². The molecule has 0 bridgehead atoms. The summed E-state index contributed by atoms with van der Waals surface area (Å²) in [5, 5.41) is 8.12. The van der Waals surface area contributed by atoms with Gasteiger partial charge in [0.2, 0.25) is 5.82 Å². The van der Waals surface area contributed by atoms with Crippen LogP contribution in [0.5, 0.6) is 0 Å². The van der Waals surface area contributed by atoms with E-state index in [1.807, 2.05) is 36.5 Å². The van der Waals surface area contributed by atoms with E-state index in [4.69, 9.17) is 9.26 Å². The molecular weight excluding hydrogens is 376 g/mol. The minimum absolute atomic E-state index is 0.0961. The van der Waals surface area contributed by atoms with Gasteiger partial charge in [-0.15, -0.1) is 0 Å². The zero-order valence-electron chi connectivity index (χ0n) is 15.6. The molecule has 0 N–H and O–H groups in total. The molecule has 0 atom stereocenters. The lowest BCUT2D eigenvalue weighted by Gasteiger charge is -2.09. The highest BCUT2D eigenvalue weighted by atomic mass is 16.5. The van der Waals surface area contributed by atoms with Gasteiger partial charge in [0, 0.05) is 24.4 Å². The molecule has 4 aromatic rings. The van der Waals surface area contributed by atoms with Crippen LogP contribution in [0, 0.1) is 0 Å². The van der Waals surface area contributed by atoms with Crippen LogP contribution in [-0.2, 0) is 14.3 Å². The Balaban J connectivity index is 1.61. The van der Waals surface area contributed by atoms with Crippen LogP contribution >= 0.6 is 0 Å². The lowest BCUT2D eigenvalue weighted by atomic mass is 10.1. The van der Waals surface area contributed by atoms with Gasteiger partial charge in [0.15, 0.2) is 5.65 Å². The van der Waals surface area contributed by atoms with Crippen LogP contribution in [0.3, 0.4) is 0 Å². The standard InChI is InChI=1S/C19H16N6O4/c1-3-28-18(27)17(26)24(2)19-22-16(23-29-19)13-7-4-6-12(10-13)14-11-25-15(21-14)8-5-9-20-25/h4-11H,3H2,1-2H3. The predicted octanol–water partition coefficient (Wildman–Crippen LogP) is 1.97. The fourth-order valence-electron chi connectivity index (χ4n) is 2.67. The van der Waals surface area contributed by atoms with E-state index in [9.17, 15) is 9.59 Å². The van der Waals surface area contributed by atoms with Gasteiger partial charge in [0.05, 0.1) is 18.5 Å². The molecule has 1 aromatic carbocycles. The Kier molecular flexibility index (Phi) is 4.73. The predicted molar refractivity (Wildman–Crippen MR) is 102 cm³/mol. The zero-order chi connectivity index (χ0) is 20.4. The molecule has 1 amide bonds. The topological polar surface area (TPSA) is 116 Å². The zero-order valence-corrected chi connectivity index (χ0v) is 15.6. The number of ether oxygens (including phenoxy) is 1. The third-order valence-electron chi connectivity index (χ3n) is 4.11. The van der Waals surface area contributed by atoms with E-state index in [1.54, 1.807) is 23.7 Å². The summed E-state index contributed by atoms with van der Waals surface area (Å²) in [7, 11) is 1.36. The molecule has 0 aliphatic rings. The summed E-state index contributed by atoms with van der Waals surface area (Å²) < 4.78 is 11.5. The van der Waals surface area contributed by atoms with Crippen LogP contribution in [0.4, 0.5) is 6.01 Å². The van der Waals surface area contributed by atoms with E-state index in [0.29, 0.717) is 5.56 Å². The minimum atomic E-state index is -0.989.